The van der Waals surface area contributed by atoms with Crippen molar-refractivity contribution < 1.29 is 28.9 Å². The van der Waals surface area contributed by atoms with Crippen molar-refractivity contribution in [2.45, 2.75) is 53.1 Å². The summed E-state index contributed by atoms with van der Waals surface area (Å²) in [5, 5.41) is 9.98. The quantitative estimate of drug-likeness (QED) is 0.355. The molecule has 1 atom stereocenters. The Labute approximate surface area is 126 Å². The van der Waals surface area contributed by atoms with Crippen LogP contribution in [0.15, 0.2) is 0 Å². The van der Waals surface area contributed by atoms with Gasteiger partial charge in [0.25, 0.3) is 0 Å². The summed E-state index contributed by atoms with van der Waals surface area (Å²) in [5.74, 6) is -1.37. The zero-order valence-electron chi connectivity index (χ0n) is 13.5. The SMILES string of the molecule is CCCCOCC(O)CC(C)(C(=O)OCC)C(=O)OCC. The first-order valence-corrected chi connectivity index (χ1v) is 7.52. The highest BCUT2D eigenvalue weighted by Crippen LogP contribution is 2.27. The summed E-state index contributed by atoms with van der Waals surface area (Å²) in [6.07, 6.45) is 0.886. The largest absolute Gasteiger partial charge is 0.465 e. The van der Waals surface area contributed by atoms with Gasteiger partial charge < -0.3 is 19.3 Å². The minimum atomic E-state index is -1.51. The van der Waals surface area contributed by atoms with Gasteiger partial charge in [0.2, 0.25) is 0 Å². The molecule has 0 saturated heterocycles. The van der Waals surface area contributed by atoms with Crippen molar-refractivity contribution in [3.63, 3.8) is 0 Å². The Morgan fingerprint density at radius 3 is 2.05 bits per heavy atom. The van der Waals surface area contributed by atoms with E-state index in [-0.39, 0.29) is 26.2 Å². The molecule has 0 fully saturated rings. The molecule has 0 aliphatic carbocycles. The highest BCUT2D eigenvalue weighted by Gasteiger charge is 2.45. The van der Waals surface area contributed by atoms with Gasteiger partial charge in [0.1, 0.15) is 0 Å². The Kier molecular flexibility index (Phi) is 9.99. The molecule has 0 heterocycles. The van der Waals surface area contributed by atoms with Gasteiger partial charge in [-0.15, -0.1) is 0 Å². The lowest BCUT2D eigenvalue weighted by atomic mass is 9.84. The van der Waals surface area contributed by atoms with E-state index in [1.807, 2.05) is 6.92 Å². The van der Waals surface area contributed by atoms with Crippen LogP contribution in [0.4, 0.5) is 0 Å². The van der Waals surface area contributed by atoms with Crippen molar-refractivity contribution >= 4 is 11.9 Å². The number of hydrogen-bond acceptors (Lipinski definition) is 6. The van der Waals surface area contributed by atoms with Gasteiger partial charge in [-0.05, 0) is 27.2 Å². The molecule has 0 aromatic carbocycles. The minimum Gasteiger partial charge on any atom is -0.465 e. The predicted molar refractivity (Wildman–Crippen MR) is 77.7 cm³/mol. The topological polar surface area (TPSA) is 82.1 Å². The van der Waals surface area contributed by atoms with Gasteiger partial charge >= 0.3 is 11.9 Å². The minimum absolute atomic E-state index is 0.0778. The molecular weight excluding hydrogens is 276 g/mol. The first-order valence-electron chi connectivity index (χ1n) is 7.52. The van der Waals surface area contributed by atoms with E-state index in [0.717, 1.165) is 12.8 Å². The van der Waals surface area contributed by atoms with Crippen LogP contribution in [0.5, 0.6) is 0 Å². The number of esters is 2. The monoisotopic (exact) mass is 304 g/mol. The van der Waals surface area contributed by atoms with Crippen molar-refractivity contribution in [3.8, 4) is 0 Å². The maximum Gasteiger partial charge on any atom is 0.323 e. The summed E-state index contributed by atoms with van der Waals surface area (Å²) in [5.41, 5.74) is -1.51. The van der Waals surface area contributed by atoms with Crippen LogP contribution in [0.25, 0.3) is 0 Å². The van der Waals surface area contributed by atoms with Gasteiger partial charge in [-0.25, -0.2) is 0 Å². The molecule has 6 nitrogen and oxygen atoms in total. The molecule has 0 amide bonds. The van der Waals surface area contributed by atoms with E-state index in [4.69, 9.17) is 14.2 Å². The Morgan fingerprint density at radius 2 is 1.62 bits per heavy atom. The fourth-order valence-electron chi connectivity index (χ4n) is 1.83. The summed E-state index contributed by atoms with van der Waals surface area (Å²) in [6, 6.07) is 0. The fraction of sp³-hybridized carbons (Fsp3) is 0.867. The van der Waals surface area contributed by atoms with Gasteiger partial charge in [0.05, 0.1) is 25.9 Å². The Balaban J connectivity index is 4.66. The van der Waals surface area contributed by atoms with Crippen LogP contribution >= 0.6 is 0 Å². The van der Waals surface area contributed by atoms with Crippen LogP contribution < -0.4 is 0 Å². The summed E-state index contributed by atoms with van der Waals surface area (Å²) in [7, 11) is 0. The van der Waals surface area contributed by atoms with E-state index >= 15 is 0 Å². The van der Waals surface area contributed by atoms with E-state index in [2.05, 4.69) is 0 Å². The third kappa shape index (κ3) is 6.91. The number of ether oxygens (including phenoxy) is 3. The lowest BCUT2D eigenvalue weighted by Crippen LogP contribution is -2.43. The molecule has 0 bridgehead atoms. The molecule has 1 N–H and O–H groups in total. The molecule has 0 rings (SSSR count). The van der Waals surface area contributed by atoms with E-state index in [1.54, 1.807) is 13.8 Å². The second kappa shape index (κ2) is 10.6. The summed E-state index contributed by atoms with van der Waals surface area (Å²) in [4.78, 5) is 24.0. The fourth-order valence-corrected chi connectivity index (χ4v) is 1.83. The standard InChI is InChI=1S/C15H28O6/c1-5-8-9-19-11-12(16)10-15(4,13(17)20-6-2)14(18)21-7-3/h12,16H,5-11H2,1-4H3. The maximum atomic E-state index is 12.0. The number of rotatable bonds is 11. The maximum absolute atomic E-state index is 12.0. The molecule has 0 aromatic rings. The molecule has 0 radical (unpaired) electrons. The second-order valence-electron chi connectivity index (χ2n) is 5.06. The molecule has 21 heavy (non-hydrogen) atoms. The van der Waals surface area contributed by atoms with Crippen LogP contribution in [-0.4, -0.2) is 49.6 Å². The molecule has 0 spiro atoms. The van der Waals surface area contributed by atoms with Crippen LogP contribution in [0.1, 0.15) is 47.0 Å². The van der Waals surface area contributed by atoms with Gasteiger partial charge in [0, 0.05) is 13.0 Å². The summed E-state index contributed by atoms with van der Waals surface area (Å²) >= 11 is 0. The number of carbonyl (C=O) groups excluding carboxylic acids is 2. The highest BCUT2D eigenvalue weighted by molar-refractivity contribution is 5.99. The van der Waals surface area contributed by atoms with E-state index < -0.39 is 23.5 Å². The first-order chi connectivity index (χ1) is 9.92. The number of aliphatic hydroxyl groups is 1. The van der Waals surface area contributed by atoms with Gasteiger partial charge in [0.15, 0.2) is 5.41 Å². The Hall–Kier alpha value is -1.14. The molecule has 0 aromatic heterocycles. The first kappa shape index (κ1) is 19.9. The molecule has 6 heteroatoms. The molecular formula is C15H28O6. The zero-order valence-corrected chi connectivity index (χ0v) is 13.5. The molecule has 124 valence electrons. The number of hydrogen-bond donors (Lipinski definition) is 1. The second-order valence-corrected chi connectivity index (χ2v) is 5.06. The average Bonchev–Trinajstić information content (AvgIpc) is 2.44. The van der Waals surface area contributed by atoms with Crippen LogP contribution in [0, 0.1) is 5.41 Å². The van der Waals surface area contributed by atoms with Crippen LogP contribution in [0.3, 0.4) is 0 Å². The van der Waals surface area contributed by atoms with Crippen molar-refractivity contribution in [2.24, 2.45) is 5.41 Å². The van der Waals surface area contributed by atoms with E-state index in [0.29, 0.717) is 6.61 Å². The summed E-state index contributed by atoms with van der Waals surface area (Å²) in [6.45, 7) is 7.74. The van der Waals surface area contributed by atoms with Crippen LogP contribution in [0.2, 0.25) is 0 Å². The number of carbonyl (C=O) groups is 2. The van der Waals surface area contributed by atoms with E-state index in [9.17, 15) is 14.7 Å². The smallest absolute Gasteiger partial charge is 0.323 e. The lowest BCUT2D eigenvalue weighted by Gasteiger charge is -2.27. The highest BCUT2D eigenvalue weighted by atomic mass is 16.6. The Bertz CT molecular complexity index is 297. The Morgan fingerprint density at radius 1 is 1.10 bits per heavy atom. The third-order valence-electron chi connectivity index (χ3n) is 3.05. The van der Waals surface area contributed by atoms with Gasteiger partial charge in [-0.3, -0.25) is 9.59 Å². The summed E-state index contributed by atoms with van der Waals surface area (Å²) < 4.78 is 15.2. The van der Waals surface area contributed by atoms with Crippen molar-refractivity contribution in [2.75, 3.05) is 26.4 Å². The van der Waals surface area contributed by atoms with Crippen LogP contribution in [-0.2, 0) is 23.8 Å². The lowest BCUT2D eigenvalue weighted by molar-refractivity contribution is -0.173. The van der Waals surface area contributed by atoms with Gasteiger partial charge in [-0.2, -0.15) is 0 Å². The molecule has 0 aliphatic heterocycles. The molecule has 0 saturated carbocycles. The van der Waals surface area contributed by atoms with Crippen molar-refractivity contribution in [1.82, 2.24) is 0 Å². The average molecular weight is 304 g/mol. The normalized spacial score (nSPS) is 12.8. The van der Waals surface area contributed by atoms with E-state index in [1.165, 1.54) is 6.92 Å². The number of unbranched alkanes of at least 4 members (excludes halogenated alkanes) is 1. The number of aliphatic hydroxyl groups excluding tert-OH is 1. The zero-order chi connectivity index (χ0) is 16.3. The third-order valence-corrected chi connectivity index (χ3v) is 3.05. The molecule has 0 aliphatic rings. The molecule has 1 unspecified atom stereocenters. The van der Waals surface area contributed by atoms with Crippen molar-refractivity contribution in [1.29, 1.82) is 0 Å². The van der Waals surface area contributed by atoms with Gasteiger partial charge in [-0.1, -0.05) is 13.3 Å². The van der Waals surface area contributed by atoms with Crippen molar-refractivity contribution in [3.05, 3.63) is 0 Å². The predicted octanol–water partition coefficient (Wildman–Crippen LogP) is 1.69.